The number of hydrogen-bond donors (Lipinski definition) is 1. The number of aliphatic hydroxyl groups is 1. The molecule has 1 aliphatic heterocycles. The molecule has 26 heavy (non-hydrogen) atoms. The van der Waals surface area contributed by atoms with Crippen LogP contribution in [-0.4, -0.2) is 36.4 Å². The molecule has 0 aliphatic carbocycles. The largest absolute Gasteiger partial charge is 0.468 e. The van der Waals surface area contributed by atoms with Crippen LogP contribution >= 0.6 is 0 Å². The third-order valence-electron chi connectivity index (χ3n) is 4.54. The van der Waals surface area contributed by atoms with Crippen LogP contribution in [0.2, 0.25) is 0 Å². The van der Waals surface area contributed by atoms with Crippen molar-refractivity contribution in [2.45, 2.75) is 18.9 Å². The highest BCUT2D eigenvalue weighted by atomic mass is 16.5. The monoisotopic (exact) mass is 353 g/mol. The standard InChI is InChI=1S/C20H19NO5/c1-13-7-9-14(10-8-13)17(22)11-20(25)15-5-3-4-6-16(15)21(19(20)24)12-18(23)26-2/h3-10,25H,11-12H2,1-2H3/t20-/m0/s1. The first-order valence-corrected chi connectivity index (χ1v) is 8.17. The maximum atomic E-state index is 12.9. The normalized spacial score (nSPS) is 18.6. The summed E-state index contributed by atoms with van der Waals surface area (Å²) in [6.45, 7) is 1.58. The van der Waals surface area contributed by atoms with E-state index in [1.165, 1.54) is 7.11 Å². The number of carbonyl (C=O) groups is 3. The maximum absolute atomic E-state index is 12.9. The second kappa shape index (κ2) is 6.72. The third-order valence-corrected chi connectivity index (χ3v) is 4.54. The predicted octanol–water partition coefficient (Wildman–Crippen LogP) is 1.98. The van der Waals surface area contributed by atoms with Crippen molar-refractivity contribution in [3.05, 3.63) is 65.2 Å². The fourth-order valence-corrected chi connectivity index (χ4v) is 3.10. The van der Waals surface area contributed by atoms with Gasteiger partial charge in [0.2, 0.25) is 0 Å². The quantitative estimate of drug-likeness (QED) is 0.656. The number of hydrogen-bond acceptors (Lipinski definition) is 5. The van der Waals surface area contributed by atoms with E-state index < -0.39 is 23.9 Å². The molecule has 0 saturated carbocycles. The summed E-state index contributed by atoms with van der Waals surface area (Å²) in [5.41, 5.74) is 0.135. The molecule has 0 bridgehead atoms. The molecule has 1 amide bonds. The van der Waals surface area contributed by atoms with Crippen molar-refractivity contribution in [1.29, 1.82) is 0 Å². The number of esters is 1. The summed E-state index contributed by atoms with van der Waals surface area (Å²) in [6.07, 6.45) is -0.399. The van der Waals surface area contributed by atoms with Gasteiger partial charge in [-0.3, -0.25) is 19.3 Å². The zero-order chi connectivity index (χ0) is 18.9. The molecular formula is C20H19NO5. The molecule has 0 unspecified atom stereocenters. The molecule has 0 spiro atoms. The van der Waals surface area contributed by atoms with Crippen molar-refractivity contribution >= 4 is 23.3 Å². The van der Waals surface area contributed by atoms with Gasteiger partial charge >= 0.3 is 5.97 Å². The average Bonchev–Trinajstić information content (AvgIpc) is 2.84. The number of nitrogens with zero attached hydrogens (tertiary/aromatic N) is 1. The topological polar surface area (TPSA) is 83.9 Å². The van der Waals surface area contributed by atoms with E-state index in [1.807, 2.05) is 6.92 Å². The Labute approximate surface area is 151 Å². The summed E-state index contributed by atoms with van der Waals surface area (Å²) < 4.78 is 4.62. The summed E-state index contributed by atoms with van der Waals surface area (Å²) in [7, 11) is 1.22. The van der Waals surface area contributed by atoms with Crippen LogP contribution in [0.25, 0.3) is 0 Å². The third kappa shape index (κ3) is 2.99. The van der Waals surface area contributed by atoms with Gasteiger partial charge in [0.15, 0.2) is 11.4 Å². The van der Waals surface area contributed by atoms with E-state index >= 15 is 0 Å². The van der Waals surface area contributed by atoms with E-state index in [4.69, 9.17) is 0 Å². The Kier molecular flexibility index (Phi) is 4.61. The SMILES string of the molecule is COC(=O)CN1C(=O)[C@](O)(CC(=O)c2ccc(C)cc2)c2ccccc21. The van der Waals surface area contributed by atoms with Gasteiger partial charge in [-0.25, -0.2) is 0 Å². The van der Waals surface area contributed by atoms with Crippen molar-refractivity contribution in [1.82, 2.24) is 0 Å². The minimum atomic E-state index is -2.01. The summed E-state index contributed by atoms with van der Waals surface area (Å²) in [5.74, 6) is -1.66. The van der Waals surface area contributed by atoms with Gasteiger partial charge in [0.05, 0.1) is 19.2 Å². The molecule has 0 aromatic heterocycles. The van der Waals surface area contributed by atoms with E-state index in [0.717, 1.165) is 10.5 Å². The number of rotatable bonds is 5. The van der Waals surface area contributed by atoms with E-state index in [-0.39, 0.29) is 12.3 Å². The zero-order valence-electron chi connectivity index (χ0n) is 14.6. The number of ketones is 1. The minimum Gasteiger partial charge on any atom is -0.468 e. The van der Waals surface area contributed by atoms with Crippen LogP contribution in [0.1, 0.15) is 27.9 Å². The Morgan fingerprint density at radius 1 is 1.12 bits per heavy atom. The van der Waals surface area contributed by atoms with Crippen molar-refractivity contribution in [2.24, 2.45) is 0 Å². The second-order valence-electron chi connectivity index (χ2n) is 6.31. The van der Waals surface area contributed by atoms with Crippen LogP contribution in [0.3, 0.4) is 0 Å². The van der Waals surface area contributed by atoms with Crippen LogP contribution < -0.4 is 4.90 Å². The van der Waals surface area contributed by atoms with Crippen molar-refractivity contribution in [3.63, 3.8) is 0 Å². The van der Waals surface area contributed by atoms with E-state index in [0.29, 0.717) is 16.8 Å². The molecule has 1 N–H and O–H groups in total. The van der Waals surface area contributed by atoms with Crippen molar-refractivity contribution < 1.29 is 24.2 Å². The molecule has 6 heteroatoms. The van der Waals surface area contributed by atoms with Gasteiger partial charge in [-0.2, -0.15) is 0 Å². The fourth-order valence-electron chi connectivity index (χ4n) is 3.10. The highest BCUT2D eigenvalue weighted by molar-refractivity contribution is 6.12. The van der Waals surface area contributed by atoms with Gasteiger partial charge in [-0.1, -0.05) is 48.0 Å². The summed E-state index contributed by atoms with van der Waals surface area (Å²) in [4.78, 5) is 38.3. The van der Waals surface area contributed by atoms with Crippen molar-refractivity contribution in [3.8, 4) is 0 Å². The molecule has 3 rings (SSSR count). The number of amides is 1. The second-order valence-corrected chi connectivity index (χ2v) is 6.31. The summed E-state index contributed by atoms with van der Waals surface area (Å²) in [5, 5.41) is 11.1. The Morgan fingerprint density at radius 3 is 2.42 bits per heavy atom. The lowest BCUT2D eigenvalue weighted by molar-refractivity contribution is -0.142. The molecule has 0 saturated heterocycles. The molecule has 1 heterocycles. The highest BCUT2D eigenvalue weighted by Gasteiger charge is 2.51. The Bertz CT molecular complexity index is 874. The lowest BCUT2D eigenvalue weighted by atomic mass is 9.88. The Morgan fingerprint density at radius 2 is 1.77 bits per heavy atom. The highest BCUT2D eigenvalue weighted by Crippen LogP contribution is 2.42. The smallest absolute Gasteiger partial charge is 0.325 e. The van der Waals surface area contributed by atoms with Gasteiger partial charge in [0, 0.05) is 11.1 Å². The molecular weight excluding hydrogens is 334 g/mol. The first-order chi connectivity index (χ1) is 12.4. The zero-order valence-corrected chi connectivity index (χ0v) is 14.6. The van der Waals surface area contributed by atoms with Gasteiger partial charge in [-0.15, -0.1) is 0 Å². The minimum absolute atomic E-state index is 0.314. The van der Waals surface area contributed by atoms with Gasteiger partial charge < -0.3 is 9.84 Å². The molecule has 6 nitrogen and oxygen atoms in total. The number of para-hydroxylation sites is 1. The van der Waals surface area contributed by atoms with Crippen molar-refractivity contribution in [2.75, 3.05) is 18.6 Å². The number of ether oxygens (including phenoxy) is 1. The van der Waals surface area contributed by atoms with Crippen LogP contribution in [0.5, 0.6) is 0 Å². The average molecular weight is 353 g/mol. The van der Waals surface area contributed by atoms with Gasteiger partial charge in [-0.05, 0) is 13.0 Å². The lowest BCUT2D eigenvalue weighted by Crippen LogP contribution is -2.43. The van der Waals surface area contributed by atoms with E-state index in [2.05, 4.69) is 4.74 Å². The number of carbonyl (C=O) groups excluding carboxylic acids is 3. The lowest BCUT2D eigenvalue weighted by Gasteiger charge is -2.22. The number of benzene rings is 2. The van der Waals surface area contributed by atoms with Crippen LogP contribution in [0.15, 0.2) is 48.5 Å². The molecule has 1 atom stereocenters. The van der Waals surface area contributed by atoms with E-state index in [9.17, 15) is 19.5 Å². The molecule has 2 aromatic rings. The number of aryl methyl sites for hydroxylation is 1. The number of methoxy groups -OCH3 is 1. The number of Topliss-reactive ketones (excluding diaryl/α,β-unsaturated/α-hetero) is 1. The summed E-state index contributed by atoms with van der Waals surface area (Å²) >= 11 is 0. The molecule has 2 aromatic carbocycles. The van der Waals surface area contributed by atoms with Crippen LogP contribution in [-0.2, 0) is 19.9 Å². The maximum Gasteiger partial charge on any atom is 0.325 e. The van der Waals surface area contributed by atoms with Gasteiger partial charge in [0.25, 0.3) is 5.91 Å². The van der Waals surface area contributed by atoms with Gasteiger partial charge in [0.1, 0.15) is 6.54 Å². The fraction of sp³-hybridized carbons (Fsp3) is 0.250. The Balaban J connectivity index is 1.95. The first kappa shape index (κ1) is 17.8. The summed E-state index contributed by atoms with van der Waals surface area (Å²) in [6, 6.07) is 13.5. The number of anilines is 1. The van der Waals surface area contributed by atoms with Crippen LogP contribution in [0.4, 0.5) is 5.69 Å². The predicted molar refractivity (Wildman–Crippen MR) is 94.8 cm³/mol. The Hall–Kier alpha value is -2.99. The number of fused-ring (bicyclic) bond motifs is 1. The van der Waals surface area contributed by atoms with E-state index in [1.54, 1.807) is 48.5 Å². The molecule has 134 valence electrons. The molecule has 0 radical (unpaired) electrons. The molecule has 0 fully saturated rings. The van der Waals surface area contributed by atoms with Crippen LogP contribution in [0, 0.1) is 6.92 Å². The first-order valence-electron chi connectivity index (χ1n) is 8.17. The molecule has 1 aliphatic rings.